The largest absolute Gasteiger partial charge is 0.507 e. The molecule has 0 unspecified atom stereocenters. The summed E-state index contributed by atoms with van der Waals surface area (Å²) in [5.41, 5.74) is 1.24. The molecule has 0 radical (unpaired) electrons. The van der Waals surface area contributed by atoms with Crippen LogP contribution in [0.25, 0.3) is 16.0 Å². The number of aliphatic hydroxyl groups excluding tert-OH is 1. The number of Topliss-reactive ketones (excluding diaryl/α,β-unsaturated/α-hetero) is 1. The molecule has 1 N–H and O–H groups in total. The number of amides is 1. The molecule has 176 valence electrons. The first-order chi connectivity index (χ1) is 16.9. The SMILES string of the molecule is CCOc1ccc2nc(N3C(=O)C(=O)/C(=C(/O)c4ccc(F)cc4)[C@H]3c3cccc(Cl)c3)sc2c1. The monoisotopic (exact) mass is 508 g/mol. The number of aliphatic hydroxyl groups is 1. The van der Waals surface area contributed by atoms with Crippen molar-refractivity contribution in [2.24, 2.45) is 0 Å². The van der Waals surface area contributed by atoms with Gasteiger partial charge in [-0.3, -0.25) is 14.5 Å². The number of hydrogen-bond acceptors (Lipinski definition) is 6. The molecule has 1 aliphatic rings. The van der Waals surface area contributed by atoms with Gasteiger partial charge in [0.2, 0.25) is 0 Å². The van der Waals surface area contributed by atoms with Crippen LogP contribution < -0.4 is 9.64 Å². The Morgan fingerprint density at radius 3 is 2.63 bits per heavy atom. The minimum atomic E-state index is -0.981. The zero-order valence-electron chi connectivity index (χ0n) is 18.4. The molecule has 0 bridgehead atoms. The fourth-order valence-corrected chi connectivity index (χ4v) is 5.26. The lowest BCUT2D eigenvalue weighted by atomic mass is 9.95. The number of anilines is 1. The molecule has 1 fully saturated rings. The fraction of sp³-hybridized carbons (Fsp3) is 0.115. The highest BCUT2D eigenvalue weighted by atomic mass is 35.5. The number of fused-ring (bicyclic) bond motifs is 1. The van der Waals surface area contributed by atoms with E-state index >= 15 is 0 Å². The van der Waals surface area contributed by atoms with E-state index in [-0.39, 0.29) is 11.1 Å². The lowest BCUT2D eigenvalue weighted by Crippen LogP contribution is -2.29. The molecule has 1 aromatic heterocycles. The zero-order chi connectivity index (χ0) is 24.7. The summed E-state index contributed by atoms with van der Waals surface area (Å²) in [4.78, 5) is 32.4. The molecule has 0 spiro atoms. The Morgan fingerprint density at radius 1 is 1.14 bits per heavy atom. The quantitative estimate of drug-likeness (QED) is 0.200. The third kappa shape index (κ3) is 4.15. The molecule has 4 aromatic rings. The Balaban J connectivity index is 1.70. The molecule has 3 aromatic carbocycles. The van der Waals surface area contributed by atoms with Gasteiger partial charge in [0.1, 0.15) is 17.3 Å². The van der Waals surface area contributed by atoms with E-state index in [9.17, 15) is 19.1 Å². The summed E-state index contributed by atoms with van der Waals surface area (Å²) in [7, 11) is 0. The van der Waals surface area contributed by atoms with Gasteiger partial charge in [0.05, 0.1) is 28.4 Å². The maximum atomic E-state index is 13.5. The van der Waals surface area contributed by atoms with Crippen molar-refractivity contribution in [3.05, 3.63) is 94.3 Å². The topological polar surface area (TPSA) is 79.7 Å². The summed E-state index contributed by atoms with van der Waals surface area (Å²) in [5.74, 6) is -1.93. The molecule has 1 aliphatic heterocycles. The molecule has 35 heavy (non-hydrogen) atoms. The van der Waals surface area contributed by atoms with Gasteiger partial charge in [-0.1, -0.05) is 35.1 Å². The average molecular weight is 509 g/mol. The van der Waals surface area contributed by atoms with E-state index in [1.54, 1.807) is 36.4 Å². The number of carbonyl (C=O) groups is 2. The molecule has 1 saturated heterocycles. The number of nitrogens with zero attached hydrogens (tertiary/aromatic N) is 2. The zero-order valence-corrected chi connectivity index (χ0v) is 19.9. The lowest BCUT2D eigenvalue weighted by Gasteiger charge is -2.23. The summed E-state index contributed by atoms with van der Waals surface area (Å²) in [6, 6.07) is 16.2. The van der Waals surface area contributed by atoms with E-state index in [4.69, 9.17) is 16.3 Å². The van der Waals surface area contributed by atoms with E-state index in [0.29, 0.717) is 33.6 Å². The van der Waals surface area contributed by atoms with Gasteiger partial charge < -0.3 is 9.84 Å². The van der Waals surface area contributed by atoms with E-state index in [0.717, 1.165) is 4.70 Å². The molecule has 1 atom stereocenters. The maximum Gasteiger partial charge on any atom is 0.301 e. The van der Waals surface area contributed by atoms with E-state index in [1.165, 1.54) is 40.5 Å². The summed E-state index contributed by atoms with van der Waals surface area (Å²) < 4.78 is 19.8. The second-order valence-corrected chi connectivity index (χ2v) is 9.24. The van der Waals surface area contributed by atoms with Crippen molar-refractivity contribution in [2.75, 3.05) is 11.5 Å². The minimum Gasteiger partial charge on any atom is -0.507 e. The van der Waals surface area contributed by atoms with Crippen LogP contribution in [0.5, 0.6) is 5.75 Å². The third-order valence-electron chi connectivity index (χ3n) is 5.59. The Bertz CT molecular complexity index is 1500. The summed E-state index contributed by atoms with van der Waals surface area (Å²) >= 11 is 7.46. The second kappa shape index (κ2) is 9.13. The van der Waals surface area contributed by atoms with Gasteiger partial charge in [-0.15, -0.1) is 0 Å². The lowest BCUT2D eigenvalue weighted by molar-refractivity contribution is -0.132. The molecule has 0 saturated carbocycles. The minimum absolute atomic E-state index is 0.127. The highest BCUT2D eigenvalue weighted by molar-refractivity contribution is 7.22. The first kappa shape index (κ1) is 23.0. The Kier molecular flexibility index (Phi) is 6.00. The van der Waals surface area contributed by atoms with E-state index < -0.39 is 29.3 Å². The smallest absolute Gasteiger partial charge is 0.301 e. The number of aromatic nitrogens is 1. The van der Waals surface area contributed by atoms with Crippen molar-refractivity contribution in [1.82, 2.24) is 4.98 Å². The number of carbonyl (C=O) groups excluding carboxylic acids is 2. The van der Waals surface area contributed by atoms with E-state index in [1.807, 2.05) is 13.0 Å². The van der Waals surface area contributed by atoms with Gasteiger partial charge in [-0.05, 0) is 67.1 Å². The van der Waals surface area contributed by atoms with Crippen LogP contribution in [0.3, 0.4) is 0 Å². The van der Waals surface area contributed by atoms with Crippen LogP contribution in [0.2, 0.25) is 5.02 Å². The van der Waals surface area contributed by atoms with Crippen LogP contribution in [-0.2, 0) is 9.59 Å². The number of halogens is 2. The van der Waals surface area contributed by atoms with Gasteiger partial charge in [0.15, 0.2) is 5.13 Å². The van der Waals surface area contributed by atoms with Crippen LogP contribution in [-0.4, -0.2) is 28.4 Å². The standard InChI is InChI=1S/C26H18ClFN2O4S/c1-2-34-18-10-11-19-20(13-18)35-26(29-19)30-22(15-4-3-5-16(27)12-15)21(24(32)25(30)33)23(31)14-6-8-17(28)9-7-14/h3-13,22,31H,2H2,1H3/b23-21+/t22-/m1/s1. The maximum absolute atomic E-state index is 13.5. The molecular weight excluding hydrogens is 491 g/mol. The molecule has 1 amide bonds. The summed E-state index contributed by atoms with van der Waals surface area (Å²) in [5, 5.41) is 11.8. The van der Waals surface area contributed by atoms with Crippen LogP contribution in [0.15, 0.2) is 72.3 Å². The predicted molar refractivity (Wildman–Crippen MR) is 133 cm³/mol. The Hall–Kier alpha value is -3.75. The second-order valence-electron chi connectivity index (χ2n) is 7.79. The predicted octanol–water partition coefficient (Wildman–Crippen LogP) is 6.11. The first-order valence-electron chi connectivity index (χ1n) is 10.7. The van der Waals surface area contributed by atoms with Gasteiger partial charge in [0, 0.05) is 10.6 Å². The van der Waals surface area contributed by atoms with Crippen molar-refractivity contribution < 1.29 is 23.8 Å². The summed E-state index contributed by atoms with van der Waals surface area (Å²) in [6.07, 6.45) is 0. The Morgan fingerprint density at radius 2 is 1.91 bits per heavy atom. The highest BCUT2D eigenvalue weighted by Crippen LogP contribution is 2.45. The number of ketones is 1. The number of hydrogen-bond donors (Lipinski definition) is 1. The van der Waals surface area contributed by atoms with Crippen molar-refractivity contribution in [3.8, 4) is 5.75 Å². The first-order valence-corrected chi connectivity index (χ1v) is 11.9. The normalized spacial score (nSPS) is 17.3. The van der Waals surface area contributed by atoms with Crippen molar-refractivity contribution in [2.45, 2.75) is 13.0 Å². The molecule has 0 aliphatic carbocycles. The van der Waals surface area contributed by atoms with Crippen LogP contribution in [0.1, 0.15) is 24.1 Å². The molecule has 5 rings (SSSR count). The van der Waals surface area contributed by atoms with Crippen molar-refractivity contribution in [3.63, 3.8) is 0 Å². The number of benzene rings is 3. The number of ether oxygens (including phenoxy) is 1. The fourth-order valence-electron chi connectivity index (χ4n) is 4.04. The van der Waals surface area contributed by atoms with Gasteiger partial charge in [0.25, 0.3) is 5.78 Å². The molecule has 2 heterocycles. The van der Waals surface area contributed by atoms with Gasteiger partial charge in [-0.2, -0.15) is 0 Å². The van der Waals surface area contributed by atoms with Gasteiger partial charge in [-0.25, -0.2) is 9.37 Å². The number of thiazole rings is 1. The van der Waals surface area contributed by atoms with Crippen molar-refractivity contribution in [1.29, 1.82) is 0 Å². The Labute approximate surface area is 208 Å². The van der Waals surface area contributed by atoms with Crippen LogP contribution >= 0.6 is 22.9 Å². The van der Waals surface area contributed by atoms with Crippen LogP contribution in [0.4, 0.5) is 9.52 Å². The summed E-state index contributed by atoms with van der Waals surface area (Å²) in [6.45, 7) is 2.39. The van der Waals surface area contributed by atoms with Crippen LogP contribution in [0, 0.1) is 5.82 Å². The average Bonchev–Trinajstić information content (AvgIpc) is 3.37. The molecule has 6 nitrogen and oxygen atoms in total. The van der Waals surface area contributed by atoms with E-state index in [2.05, 4.69) is 4.98 Å². The highest BCUT2D eigenvalue weighted by Gasteiger charge is 2.48. The molecular formula is C26H18ClFN2O4S. The van der Waals surface area contributed by atoms with Gasteiger partial charge >= 0.3 is 5.91 Å². The third-order valence-corrected chi connectivity index (χ3v) is 6.84. The molecule has 9 heteroatoms. The number of rotatable bonds is 5. The van der Waals surface area contributed by atoms with Crippen molar-refractivity contribution >= 4 is 55.7 Å².